The van der Waals surface area contributed by atoms with E-state index in [1.54, 1.807) is 11.5 Å². The molecule has 0 aliphatic heterocycles. The lowest BCUT2D eigenvalue weighted by Crippen LogP contribution is -2.38. The van der Waals surface area contributed by atoms with Crippen LogP contribution in [0, 0.1) is 12.7 Å². The zero-order valence-electron chi connectivity index (χ0n) is 15.4. The van der Waals surface area contributed by atoms with Crippen LogP contribution in [0.25, 0.3) is 16.9 Å². The Balaban J connectivity index is 1.76. The second kappa shape index (κ2) is 6.87. The molecule has 0 saturated carbocycles. The topological polar surface area (TPSA) is 92.9 Å². The Hall–Kier alpha value is -3.89. The maximum atomic E-state index is 13.5. The van der Waals surface area contributed by atoms with Crippen molar-refractivity contribution < 1.29 is 27.5 Å². The molecule has 2 aromatic carbocycles. The first kappa shape index (κ1) is 19.4. The zero-order valence-corrected chi connectivity index (χ0v) is 15.4. The summed E-state index contributed by atoms with van der Waals surface area (Å²) < 4.78 is 53.9. The molecule has 0 aliphatic rings. The number of nitrogens with zero attached hydrogens (tertiary/aromatic N) is 4. The molecule has 2 heterocycles. The predicted octanol–water partition coefficient (Wildman–Crippen LogP) is 3.74. The summed E-state index contributed by atoms with van der Waals surface area (Å²) in [5.74, 6) is 0.119. The Morgan fingerprint density at radius 1 is 1.07 bits per heavy atom. The quantitative estimate of drug-likeness (QED) is 0.267. The van der Waals surface area contributed by atoms with Gasteiger partial charge in [0.25, 0.3) is 0 Å². The van der Waals surface area contributed by atoms with Crippen LogP contribution in [0.5, 0.6) is 0 Å². The van der Waals surface area contributed by atoms with Crippen LogP contribution in [0.2, 0.25) is 0 Å². The number of imidazole rings is 1. The molecule has 0 spiro atoms. The molecule has 0 fully saturated rings. The molecular weight excluding hydrogens is 404 g/mol. The first-order valence-electron chi connectivity index (χ1n) is 8.64. The highest BCUT2D eigenvalue weighted by Crippen LogP contribution is 2.30. The number of nitrogens with one attached hydrogen (secondary N) is 1. The summed E-state index contributed by atoms with van der Waals surface area (Å²) in [6, 6.07) is 9.68. The van der Waals surface area contributed by atoms with Gasteiger partial charge in [0.2, 0.25) is 11.6 Å². The van der Waals surface area contributed by atoms with Crippen LogP contribution in [0.4, 0.5) is 35.0 Å². The van der Waals surface area contributed by atoms with Gasteiger partial charge in [-0.25, -0.2) is 9.37 Å². The Kier molecular flexibility index (Phi) is 4.45. The van der Waals surface area contributed by atoms with Gasteiger partial charge >= 0.3 is 12.1 Å². The molecule has 4 N–H and O–H groups in total. The van der Waals surface area contributed by atoms with Gasteiger partial charge in [0.15, 0.2) is 0 Å². The van der Waals surface area contributed by atoms with Gasteiger partial charge < -0.3 is 10.9 Å². The van der Waals surface area contributed by atoms with Crippen molar-refractivity contribution in [1.29, 1.82) is 0 Å². The number of benzene rings is 2. The molecule has 0 atom stereocenters. The lowest BCUT2D eigenvalue weighted by molar-refractivity contribution is -0.883. The van der Waals surface area contributed by atoms with Gasteiger partial charge in [-0.3, -0.25) is 9.88 Å². The van der Waals surface area contributed by atoms with Crippen molar-refractivity contribution in [3.05, 3.63) is 65.7 Å². The number of nitrogens with two attached hydrogens (primary N) is 1. The number of nitrogen functional groups attached to an aromatic ring is 1. The Morgan fingerprint density at radius 3 is 2.43 bits per heavy atom. The third-order valence-electron chi connectivity index (χ3n) is 4.42. The zero-order chi connectivity index (χ0) is 21.6. The highest BCUT2D eigenvalue weighted by molar-refractivity contribution is 5.78. The molecule has 4 aromatic rings. The van der Waals surface area contributed by atoms with E-state index in [9.17, 15) is 22.8 Å². The molecule has 154 valence electrons. The summed E-state index contributed by atoms with van der Waals surface area (Å²) in [5, 5.41) is 12.9. The molecule has 7 nitrogen and oxygen atoms in total. The summed E-state index contributed by atoms with van der Waals surface area (Å²) in [5.41, 5.74) is 6.29. The fourth-order valence-electron chi connectivity index (χ4n) is 3.03. The van der Waals surface area contributed by atoms with Crippen LogP contribution in [-0.2, 0) is 6.18 Å². The molecule has 0 radical (unpaired) electrons. The van der Waals surface area contributed by atoms with Crippen molar-refractivity contribution in [3.63, 3.8) is 0 Å². The van der Waals surface area contributed by atoms with E-state index < -0.39 is 17.6 Å². The van der Waals surface area contributed by atoms with E-state index in [0.717, 1.165) is 12.1 Å². The van der Waals surface area contributed by atoms with Crippen molar-refractivity contribution in [2.24, 2.45) is 0 Å². The van der Waals surface area contributed by atoms with Crippen LogP contribution >= 0.6 is 0 Å². The molecule has 2 aromatic heterocycles. The monoisotopic (exact) mass is 419 g/mol. The van der Waals surface area contributed by atoms with Gasteiger partial charge in [-0.2, -0.15) is 13.2 Å². The molecule has 0 aliphatic carbocycles. The van der Waals surface area contributed by atoms with Crippen LogP contribution in [0.3, 0.4) is 0 Å². The first-order chi connectivity index (χ1) is 14.1. The van der Waals surface area contributed by atoms with Crippen molar-refractivity contribution in [3.8, 4) is 5.82 Å². The standard InChI is InChI=1S/C19H14F4N6O/c1-10-25-14-8-12(20)4-7-15(14)28(10)17-9-16(24)29(30)18(27-17)26-13-5-2-11(3-6-13)19(21,22)23/h2-9,30H,1H3,(H2,24,26,27)/p+1. The van der Waals surface area contributed by atoms with Gasteiger partial charge in [0.1, 0.15) is 11.6 Å². The summed E-state index contributed by atoms with van der Waals surface area (Å²) in [6.07, 6.45) is -4.46. The highest BCUT2D eigenvalue weighted by atomic mass is 19.4. The number of aryl methyl sites for hydroxylation is 1. The third-order valence-corrected chi connectivity index (χ3v) is 4.42. The summed E-state index contributed by atoms with van der Waals surface area (Å²) in [4.78, 5) is 8.60. The van der Waals surface area contributed by atoms with Gasteiger partial charge in [-0.05, 0) is 48.1 Å². The molecule has 0 amide bonds. The lowest BCUT2D eigenvalue weighted by Gasteiger charge is -2.10. The van der Waals surface area contributed by atoms with Gasteiger partial charge in [0, 0.05) is 6.07 Å². The van der Waals surface area contributed by atoms with Crippen molar-refractivity contribution in [2.75, 3.05) is 11.1 Å². The normalized spacial score (nSPS) is 11.8. The van der Waals surface area contributed by atoms with Gasteiger partial charge in [-0.1, -0.05) is 4.98 Å². The molecular formula is C19H15F4N6O+. The number of halogens is 4. The fourth-order valence-corrected chi connectivity index (χ4v) is 3.03. The maximum absolute atomic E-state index is 13.5. The van der Waals surface area contributed by atoms with E-state index >= 15 is 0 Å². The van der Waals surface area contributed by atoms with E-state index in [0.29, 0.717) is 21.6 Å². The molecule has 0 unspecified atom stereocenters. The van der Waals surface area contributed by atoms with E-state index in [1.807, 2.05) is 0 Å². The highest BCUT2D eigenvalue weighted by Gasteiger charge is 2.30. The number of alkyl halides is 3. The van der Waals surface area contributed by atoms with Crippen LogP contribution < -0.4 is 15.8 Å². The van der Waals surface area contributed by atoms with E-state index in [2.05, 4.69) is 15.3 Å². The van der Waals surface area contributed by atoms with Gasteiger partial charge in [-0.15, -0.1) is 0 Å². The number of fused-ring (bicyclic) bond motifs is 1. The molecule has 0 bridgehead atoms. The molecule has 11 heteroatoms. The van der Waals surface area contributed by atoms with E-state index in [1.165, 1.54) is 36.4 Å². The number of hydrogen-bond donors (Lipinski definition) is 3. The second-order valence-electron chi connectivity index (χ2n) is 6.50. The SMILES string of the molecule is Cc1nc2cc(F)ccc2n1-c1cc(N)[n+](O)c(Nc2ccc(C(F)(F)F)cc2)n1. The maximum Gasteiger partial charge on any atom is 0.416 e. The number of aromatic nitrogens is 4. The lowest BCUT2D eigenvalue weighted by atomic mass is 10.2. The molecule has 0 saturated heterocycles. The molecule has 4 rings (SSSR count). The Morgan fingerprint density at radius 2 is 1.77 bits per heavy atom. The average Bonchev–Trinajstić information content (AvgIpc) is 2.99. The van der Waals surface area contributed by atoms with Crippen LogP contribution in [-0.4, -0.2) is 19.7 Å². The van der Waals surface area contributed by atoms with Gasteiger partial charge in [0.05, 0.1) is 28.4 Å². The largest absolute Gasteiger partial charge is 0.416 e. The number of anilines is 3. The summed E-state index contributed by atoms with van der Waals surface area (Å²) >= 11 is 0. The summed E-state index contributed by atoms with van der Waals surface area (Å²) in [6.45, 7) is 1.69. The average molecular weight is 419 g/mol. The molecule has 30 heavy (non-hydrogen) atoms. The fraction of sp³-hybridized carbons (Fsp3) is 0.105. The van der Waals surface area contributed by atoms with Crippen molar-refractivity contribution in [1.82, 2.24) is 14.5 Å². The minimum atomic E-state index is -4.46. The third kappa shape index (κ3) is 3.45. The van der Waals surface area contributed by atoms with E-state index in [-0.39, 0.29) is 23.3 Å². The number of rotatable bonds is 3. The van der Waals surface area contributed by atoms with Crippen LogP contribution in [0.1, 0.15) is 11.4 Å². The minimum absolute atomic E-state index is 0.0854. The smallest absolute Gasteiger partial charge is 0.382 e. The Labute approximate surface area is 167 Å². The second-order valence-corrected chi connectivity index (χ2v) is 6.50. The summed E-state index contributed by atoms with van der Waals surface area (Å²) in [7, 11) is 0. The van der Waals surface area contributed by atoms with Crippen LogP contribution in [0.15, 0.2) is 48.5 Å². The van der Waals surface area contributed by atoms with E-state index in [4.69, 9.17) is 5.73 Å². The van der Waals surface area contributed by atoms with Crippen molar-refractivity contribution in [2.45, 2.75) is 13.1 Å². The first-order valence-corrected chi connectivity index (χ1v) is 8.64. The number of hydrogen-bond acceptors (Lipinski definition) is 5. The van der Waals surface area contributed by atoms with Crippen molar-refractivity contribution >= 4 is 28.5 Å². The predicted molar refractivity (Wildman–Crippen MR) is 100 cm³/mol. The minimum Gasteiger partial charge on any atom is -0.382 e. The Bertz CT molecular complexity index is 1250.